The number of hydrogen-bond acceptors (Lipinski definition) is 4. The largest absolute Gasteiger partial charge is 0.480 e. The number of carbonyl (C=O) groups is 3. The van der Waals surface area contributed by atoms with Crippen LogP contribution in [0, 0.1) is 0 Å². The van der Waals surface area contributed by atoms with Gasteiger partial charge in [0, 0.05) is 12.8 Å². The first kappa shape index (κ1) is 36.4. The third-order valence-corrected chi connectivity index (χ3v) is 6.20. The zero-order valence-electron chi connectivity index (χ0n) is 24.7. The summed E-state index contributed by atoms with van der Waals surface area (Å²) in [5, 5.41) is 11.0. The molecule has 222 valence electrons. The molecule has 0 bridgehead atoms. The Morgan fingerprint density at radius 2 is 1.33 bits per heavy atom. The number of amides is 1. The lowest BCUT2D eigenvalue weighted by Crippen LogP contribution is -2.28. The lowest BCUT2D eigenvalue weighted by Gasteiger charge is -2.14. The van der Waals surface area contributed by atoms with Crippen molar-refractivity contribution in [3.63, 3.8) is 0 Å². The Kier molecular flexibility index (Phi) is 26.5. The van der Waals surface area contributed by atoms with Gasteiger partial charge < -0.3 is 15.2 Å². The zero-order chi connectivity index (χ0) is 28.8. The van der Waals surface area contributed by atoms with Crippen molar-refractivity contribution in [2.45, 2.75) is 136 Å². The van der Waals surface area contributed by atoms with Crippen LogP contribution in [0.3, 0.4) is 0 Å². The van der Waals surface area contributed by atoms with Crippen LogP contribution in [-0.4, -0.2) is 35.6 Å². The molecule has 0 heterocycles. The normalized spacial score (nSPS) is 12.7. The van der Waals surface area contributed by atoms with Crippen molar-refractivity contribution < 1.29 is 24.2 Å². The average Bonchev–Trinajstić information content (AvgIpc) is 2.91. The summed E-state index contributed by atoms with van der Waals surface area (Å²) in [6, 6.07) is 0. The molecule has 0 aliphatic carbocycles. The fourth-order valence-corrected chi connectivity index (χ4v) is 3.98. The fraction of sp³-hybridized carbons (Fsp3) is 0.667. The molecule has 0 saturated carbocycles. The minimum atomic E-state index is -1.04. The van der Waals surface area contributed by atoms with Gasteiger partial charge in [-0.05, 0) is 70.3 Å². The van der Waals surface area contributed by atoms with Crippen LogP contribution in [0.4, 0.5) is 0 Å². The molecule has 0 aliphatic rings. The maximum Gasteiger partial charge on any atom is 0.322 e. The van der Waals surface area contributed by atoms with E-state index in [1.807, 2.05) is 6.08 Å². The number of carbonyl (C=O) groups excluding carboxylic acids is 2. The molecule has 0 aromatic rings. The van der Waals surface area contributed by atoms with Gasteiger partial charge in [0.15, 0.2) is 0 Å². The second-order valence-corrected chi connectivity index (χ2v) is 9.97. The van der Waals surface area contributed by atoms with Gasteiger partial charge in [0.05, 0.1) is 0 Å². The molecular weight excluding hydrogens is 490 g/mol. The predicted molar refractivity (Wildman–Crippen MR) is 162 cm³/mol. The first-order valence-electron chi connectivity index (χ1n) is 15.3. The van der Waals surface area contributed by atoms with Crippen molar-refractivity contribution in [2.24, 2.45) is 0 Å². The molecule has 1 unspecified atom stereocenters. The Hall–Kier alpha value is -2.63. The minimum Gasteiger partial charge on any atom is -0.480 e. The van der Waals surface area contributed by atoms with E-state index in [1.165, 1.54) is 25.7 Å². The van der Waals surface area contributed by atoms with Crippen molar-refractivity contribution in [1.29, 1.82) is 0 Å². The summed E-state index contributed by atoms with van der Waals surface area (Å²) < 4.78 is 5.80. The second-order valence-electron chi connectivity index (χ2n) is 9.97. The average molecular weight is 546 g/mol. The molecule has 39 heavy (non-hydrogen) atoms. The monoisotopic (exact) mass is 545 g/mol. The number of carboxylic acids is 1. The minimum absolute atomic E-state index is 0.123. The third kappa shape index (κ3) is 28.2. The van der Waals surface area contributed by atoms with E-state index in [0.29, 0.717) is 12.8 Å². The highest BCUT2D eigenvalue weighted by molar-refractivity contribution is 5.80. The third-order valence-electron chi connectivity index (χ3n) is 6.20. The Bertz CT molecular complexity index is 738. The molecule has 0 aromatic heterocycles. The molecule has 0 saturated heterocycles. The van der Waals surface area contributed by atoms with E-state index < -0.39 is 5.97 Å². The molecule has 1 amide bonds. The molecular formula is C33H55NO5. The number of esters is 1. The second kappa shape index (κ2) is 28.4. The van der Waals surface area contributed by atoms with E-state index in [1.54, 1.807) is 0 Å². The Morgan fingerprint density at radius 3 is 2.05 bits per heavy atom. The zero-order valence-corrected chi connectivity index (χ0v) is 24.7. The molecule has 0 aromatic carbocycles. The van der Waals surface area contributed by atoms with Crippen molar-refractivity contribution in [3.05, 3.63) is 48.6 Å². The van der Waals surface area contributed by atoms with Gasteiger partial charge in [-0.3, -0.25) is 14.4 Å². The van der Waals surface area contributed by atoms with Crippen molar-refractivity contribution in [1.82, 2.24) is 5.32 Å². The van der Waals surface area contributed by atoms with Gasteiger partial charge in [0.2, 0.25) is 5.91 Å². The number of rotatable bonds is 26. The van der Waals surface area contributed by atoms with Crippen LogP contribution in [0.1, 0.15) is 129 Å². The number of hydrogen-bond donors (Lipinski definition) is 2. The fourth-order valence-electron chi connectivity index (χ4n) is 3.98. The van der Waals surface area contributed by atoms with Crippen molar-refractivity contribution >= 4 is 17.8 Å². The van der Waals surface area contributed by atoms with Crippen LogP contribution in [0.2, 0.25) is 0 Å². The van der Waals surface area contributed by atoms with Crippen LogP contribution in [-0.2, 0) is 19.1 Å². The molecule has 0 rings (SSSR count). The van der Waals surface area contributed by atoms with Gasteiger partial charge in [-0.1, -0.05) is 94.9 Å². The summed E-state index contributed by atoms with van der Waals surface area (Å²) in [5.74, 6) is -1.39. The summed E-state index contributed by atoms with van der Waals surface area (Å²) in [7, 11) is 0. The van der Waals surface area contributed by atoms with Crippen LogP contribution in [0.5, 0.6) is 0 Å². The molecule has 0 aliphatic heterocycles. The van der Waals surface area contributed by atoms with E-state index in [9.17, 15) is 14.4 Å². The number of allylic oxidation sites excluding steroid dienone is 7. The van der Waals surface area contributed by atoms with E-state index in [2.05, 4.69) is 61.7 Å². The molecule has 1 atom stereocenters. The van der Waals surface area contributed by atoms with Gasteiger partial charge >= 0.3 is 11.9 Å². The standard InChI is InChI=1S/C33H55NO5/c1-3-5-7-9-11-13-14-16-18-24-28-33(38)39-30(25-21-17-15-12-10-8-6-4-2)26-22-19-20-23-27-31(35)34-29-32(36)37/h6-9,12,15,21,25,30H,3-5,10-11,13-14,16-20,22-24,26-29H2,1-2H3,(H,34,35)(H,36,37)/b8-6-,9-7-,15-12-,25-21-. The van der Waals surface area contributed by atoms with Gasteiger partial charge in [-0.25, -0.2) is 0 Å². The summed E-state index contributed by atoms with van der Waals surface area (Å²) >= 11 is 0. The first-order chi connectivity index (χ1) is 19.0. The predicted octanol–water partition coefficient (Wildman–Crippen LogP) is 8.39. The van der Waals surface area contributed by atoms with E-state index in [0.717, 1.165) is 77.0 Å². The molecule has 0 radical (unpaired) electrons. The highest BCUT2D eigenvalue weighted by Crippen LogP contribution is 2.14. The molecule has 2 N–H and O–H groups in total. The Balaban J connectivity index is 4.33. The summed E-state index contributed by atoms with van der Waals surface area (Å²) in [5.41, 5.74) is 0. The van der Waals surface area contributed by atoms with Crippen molar-refractivity contribution in [3.8, 4) is 0 Å². The number of nitrogens with one attached hydrogen (secondary N) is 1. The molecule has 0 spiro atoms. The highest BCUT2D eigenvalue weighted by Gasteiger charge is 2.11. The van der Waals surface area contributed by atoms with Gasteiger partial charge in [0.1, 0.15) is 12.6 Å². The van der Waals surface area contributed by atoms with E-state index in [4.69, 9.17) is 9.84 Å². The summed E-state index contributed by atoms with van der Waals surface area (Å²) in [6.07, 6.45) is 33.9. The quantitative estimate of drug-likeness (QED) is 0.0647. The number of carboxylic acid groups (broad SMARTS) is 1. The maximum atomic E-state index is 12.5. The highest BCUT2D eigenvalue weighted by atomic mass is 16.5. The van der Waals surface area contributed by atoms with Crippen LogP contribution >= 0.6 is 0 Å². The van der Waals surface area contributed by atoms with Gasteiger partial charge in [-0.2, -0.15) is 0 Å². The number of unbranched alkanes of at least 4 members (excludes halogenated alkanes) is 9. The number of ether oxygens (including phenoxy) is 1. The van der Waals surface area contributed by atoms with Crippen LogP contribution < -0.4 is 5.32 Å². The van der Waals surface area contributed by atoms with E-state index in [-0.39, 0.29) is 24.5 Å². The van der Waals surface area contributed by atoms with Crippen LogP contribution in [0.15, 0.2) is 48.6 Å². The first-order valence-corrected chi connectivity index (χ1v) is 15.3. The smallest absolute Gasteiger partial charge is 0.322 e. The topological polar surface area (TPSA) is 92.7 Å². The van der Waals surface area contributed by atoms with Gasteiger partial charge in [0.25, 0.3) is 0 Å². The van der Waals surface area contributed by atoms with Gasteiger partial charge in [-0.15, -0.1) is 0 Å². The van der Waals surface area contributed by atoms with E-state index >= 15 is 0 Å². The lowest BCUT2D eigenvalue weighted by molar-refractivity contribution is -0.147. The molecule has 6 heteroatoms. The lowest BCUT2D eigenvalue weighted by atomic mass is 10.1. The summed E-state index contributed by atoms with van der Waals surface area (Å²) in [6.45, 7) is 3.98. The summed E-state index contributed by atoms with van der Waals surface area (Å²) in [4.78, 5) is 34.6. The SMILES string of the molecule is CC/C=C\C/C=C\C/C=C\C(CCCCCCC(=O)NCC(=O)O)OC(=O)CCCCCCC/C=C\CCC. The number of aliphatic carboxylic acids is 1. The van der Waals surface area contributed by atoms with Crippen LogP contribution in [0.25, 0.3) is 0 Å². The molecule has 6 nitrogen and oxygen atoms in total. The Labute approximate surface area is 238 Å². The van der Waals surface area contributed by atoms with Crippen molar-refractivity contribution in [2.75, 3.05) is 6.54 Å². The maximum absolute atomic E-state index is 12.5. The Morgan fingerprint density at radius 1 is 0.718 bits per heavy atom. The molecule has 0 fully saturated rings.